The molecule has 1 amide bonds. The van der Waals surface area contributed by atoms with Crippen LogP contribution in [-0.2, 0) is 9.53 Å². The first-order valence-corrected chi connectivity index (χ1v) is 6.68. The zero-order valence-corrected chi connectivity index (χ0v) is 12.1. The van der Waals surface area contributed by atoms with Crippen LogP contribution < -0.4 is 5.73 Å². The SMILES string of the molecule is CC(C)CN(CCN(C)C)C(=O)C1COCC1N. The summed E-state index contributed by atoms with van der Waals surface area (Å²) < 4.78 is 5.29. The van der Waals surface area contributed by atoms with E-state index >= 15 is 0 Å². The second-order valence-corrected chi connectivity index (χ2v) is 5.79. The minimum absolute atomic E-state index is 0.147. The highest BCUT2D eigenvalue weighted by Gasteiger charge is 2.34. The van der Waals surface area contributed by atoms with Gasteiger partial charge in [-0.05, 0) is 20.0 Å². The smallest absolute Gasteiger partial charge is 0.229 e. The van der Waals surface area contributed by atoms with Gasteiger partial charge in [-0.15, -0.1) is 0 Å². The summed E-state index contributed by atoms with van der Waals surface area (Å²) in [6, 6.07) is -0.147. The van der Waals surface area contributed by atoms with Crippen molar-refractivity contribution >= 4 is 5.91 Å². The normalized spacial score (nSPS) is 23.9. The molecule has 106 valence electrons. The van der Waals surface area contributed by atoms with E-state index in [0.717, 1.165) is 19.6 Å². The number of likely N-dealkylation sites (N-methyl/N-ethyl adjacent to an activating group) is 1. The topological polar surface area (TPSA) is 58.8 Å². The number of amides is 1. The van der Waals surface area contributed by atoms with Crippen molar-refractivity contribution < 1.29 is 9.53 Å². The Morgan fingerprint density at radius 2 is 2.00 bits per heavy atom. The molecule has 1 saturated heterocycles. The third-order valence-electron chi connectivity index (χ3n) is 3.16. The highest BCUT2D eigenvalue weighted by atomic mass is 16.5. The third kappa shape index (κ3) is 4.55. The summed E-state index contributed by atoms with van der Waals surface area (Å²) in [4.78, 5) is 16.5. The van der Waals surface area contributed by atoms with Crippen molar-refractivity contribution in [1.82, 2.24) is 9.80 Å². The fraction of sp³-hybridized carbons (Fsp3) is 0.923. The lowest BCUT2D eigenvalue weighted by atomic mass is 10.0. The maximum atomic E-state index is 12.5. The summed E-state index contributed by atoms with van der Waals surface area (Å²) in [5.41, 5.74) is 5.92. The van der Waals surface area contributed by atoms with Gasteiger partial charge in [-0.25, -0.2) is 0 Å². The van der Waals surface area contributed by atoms with Crippen molar-refractivity contribution in [2.75, 3.05) is 46.9 Å². The zero-order valence-electron chi connectivity index (χ0n) is 12.1. The average molecular weight is 257 g/mol. The van der Waals surface area contributed by atoms with Crippen LogP contribution in [0, 0.1) is 11.8 Å². The molecule has 1 rings (SSSR count). The van der Waals surface area contributed by atoms with Crippen molar-refractivity contribution in [3.63, 3.8) is 0 Å². The van der Waals surface area contributed by atoms with Gasteiger partial charge in [0.2, 0.25) is 5.91 Å². The monoisotopic (exact) mass is 257 g/mol. The minimum atomic E-state index is -0.161. The Labute approximate surface area is 110 Å². The molecule has 0 aromatic heterocycles. The number of hydrogen-bond acceptors (Lipinski definition) is 4. The van der Waals surface area contributed by atoms with Gasteiger partial charge in [0.25, 0.3) is 0 Å². The van der Waals surface area contributed by atoms with Crippen LogP contribution >= 0.6 is 0 Å². The molecule has 0 spiro atoms. The van der Waals surface area contributed by atoms with E-state index in [1.165, 1.54) is 0 Å². The highest BCUT2D eigenvalue weighted by molar-refractivity contribution is 5.80. The molecule has 2 unspecified atom stereocenters. The van der Waals surface area contributed by atoms with Gasteiger partial charge in [0.15, 0.2) is 0 Å². The van der Waals surface area contributed by atoms with E-state index in [9.17, 15) is 4.79 Å². The van der Waals surface area contributed by atoms with Gasteiger partial charge in [0.1, 0.15) is 0 Å². The second kappa shape index (κ2) is 7.07. The summed E-state index contributed by atoms with van der Waals surface area (Å²) in [5.74, 6) is 0.455. The number of nitrogens with two attached hydrogens (primary N) is 1. The van der Waals surface area contributed by atoms with E-state index < -0.39 is 0 Å². The quantitative estimate of drug-likeness (QED) is 0.728. The summed E-state index contributed by atoms with van der Waals surface area (Å²) in [7, 11) is 4.03. The molecule has 2 atom stereocenters. The molecule has 0 aromatic rings. The Balaban J connectivity index is 2.59. The molecular weight excluding hydrogens is 230 g/mol. The first-order chi connectivity index (χ1) is 8.41. The molecule has 0 aromatic carbocycles. The van der Waals surface area contributed by atoms with Crippen molar-refractivity contribution in [2.45, 2.75) is 19.9 Å². The molecule has 2 N–H and O–H groups in total. The van der Waals surface area contributed by atoms with Gasteiger partial charge in [0.05, 0.1) is 19.1 Å². The van der Waals surface area contributed by atoms with Crippen molar-refractivity contribution in [3.05, 3.63) is 0 Å². The van der Waals surface area contributed by atoms with Gasteiger partial charge >= 0.3 is 0 Å². The summed E-state index contributed by atoms with van der Waals surface area (Å²) >= 11 is 0. The van der Waals surface area contributed by atoms with E-state index in [-0.39, 0.29) is 17.9 Å². The number of carbonyl (C=O) groups excluding carboxylic acids is 1. The van der Waals surface area contributed by atoms with Gasteiger partial charge in [-0.3, -0.25) is 4.79 Å². The van der Waals surface area contributed by atoms with Crippen LogP contribution in [0.2, 0.25) is 0 Å². The van der Waals surface area contributed by atoms with Crippen LogP contribution in [0.1, 0.15) is 13.8 Å². The molecule has 0 bridgehead atoms. The van der Waals surface area contributed by atoms with Crippen LogP contribution in [0.4, 0.5) is 0 Å². The van der Waals surface area contributed by atoms with Crippen LogP contribution in [0.3, 0.4) is 0 Å². The first kappa shape index (κ1) is 15.4. The van der Waals surface area contributed by atoms with Crippen LogP contribution in [0.25, 0.3) is 0 Å². The number of nitrogens with zero attached hydrogens (tertiary/aromatic N) is 2. The maximum absolute atomic E-state index is 12.5. The molecule has 18 heavy (non-hydrogen) atoms. The van der Waals surface area contributed by atoms with E-state index in [1.807, 2.05) is 19.0 Å². The first-order valence-electron chi connectivity index (χ1n) is 6.68. The lowest BCUT2D eigenvalue weighted by molar-refractivity contribution is -0.136. The van der Waals surface area contributed by atoms with E-state index in [4.69, 9.17) is 10.5 Å². The van der Waals surface area contributed by atoms with E-state index in [1.54, 1.807) is 0 Å². The summed E-state index contributed by atoms with van der Waals surface area (Å²) in [6.45, 7) is 7.64. The lowest BCUT2D eigenvalue weighted by Crippen LogP contribution is -2.46. The number of ether oxygens (including phenoxy) is 1. The van der Waals surface area contributed by atoms with Gasteiger partial charge in [-0.2, -0.15) is 0 Å². The van der Waals surface area contributed by atoms with Crippen LogP contribution in [0.15, 0.2) is 0 Å². The zero-order chi connectivity index (χ0) is 13.7. The predicted molar refractivity (Wildman–Crippen MR) is 72.3 cm³/mol. The van der Waals surface area contributed by atoms with Gasteiger partial charge in [-0.1, -0.05) is 13.8 Å². The molecule has 5 nitrogen and oxygen atoms in total. The van der Waals surface area contributed by atoms with E-state index in [0.29, 0.717) is 19.1 Å². The Hall–Kier alpha value is -0.650. The van der Waals surface area contributed by atoms with Crippen LogP contribution in [-0.4, -0.2) is 68.7 Å². The summed E-state index contributed by atoms with van der Waals surface area (Å²) in [5, 5.41) is 0. The fourth-order valence-corrected chi connectivity index (χ4v) is 2.11. The van der Waals surface area contributed by atoms with Crippen LogP contribution in [0.5, 0.6) is 0 Å². The number of carbonyl (C=O) groups is 1. The Morgan fingerprint density at radius 1 is 1.33 bits per heavy atom. The molecule has 0 aliphatic carbocycles. The maximum Gasteiger partial charge on any atom is 0.229 e. The fourth-order valence-electron chi connectivity index (χ4n) is 2.11. The molecule has 1 heterocycles. The molecule has 1 fully saturated rings. The molecular formula is C13H27N3O2. The van der Waals surface area contributed by atoms with Crippen molar-refractivity contribution in [3.8, 4) is 0 Å². The molecule has 5 heteroatoms. The third-order valence-corrected chi connectivity index (χ3v) is 3.16. The molecule has 0 radical (unpaired) electrons. The Bertz CT molecular complexity index is 269. The van der Waals surface area contributed by atoms with Crippen molar-refractivity contribution in [1.29, 1.82) is 0 Å². The molecule has 1 aliphatic rings. The average Bonchev–Trinajstić information content (AvgIpc) is 2.69. The standard InChI is InChI=1S/C13H27N3O2/c1-10(2)7-16(6-5-15(3)4)13(17)11-8-18-9-12(11)14/h10-12H,5-9,14H2,1-4H3. The number of rotatable bonds is 6. The van der Waals surface area contributed by atoms with Gasteiger partial charge < -0.3 is 20.3 Å². The molecule has 0 saturated carbocycles. The largest absolute Gasteiger partial charge is 0.379 e. The Morgan fingerprint density at radius 3 is 2.44 bits per heavy atom. The lowest BCUT2D eigenvalue weighted by Gasteiger charge is -2.29. The Kier molecular flexibility index (Phi) is 6.05. The molecule has 1 aliphatic heterocycles. The summed E-state index contributed by atoms with van der Waals surface area (Å²) in [6.07, 6.45) is 0. The second-order valence-electron chi connectivity index (χ2n) is 5.79. The van der Waals surface area contributed by atoms with Crippen molar-refractivity contribution in [2.24, 2.45) is 17.6 Å². The predicted octanol–water partition coefficient (Wildman–Crippen LogP) is 0.00630. The van der Waals surface area contributed by atoms with E-state index in [2.05, 4.69) is 18.7 Å². The minimum Gasteiger partial charge on any atom is -0.379 e. The highest BCUT2D eigenvalue weighted by Crippen LogP contribution is 2.16. The number of hydrogen-bond donors (Lipinski definition) is 1. The van der Waals surface area contributed by atoms with Gasteiger partial charge in [0, 0.05) is 25.7 Å².